The third-order valence-electron chi connectivity index (χ3n) is 1.47. The Morgan fingerprint density at radius 2 is 2.00 bits per heavy atom. The van der Waals surface area contributed by atoms with Crippen LogP contribution in [0.1, 0.15) is 5.56 Å². The highest BCUT2D eigenvalue weighted by Crippen LogP contribution is 2.04. The van der Waals surface area contributed by atoms with E-state index in [0.29, 0.717) is 0 Å². The molecule has 0 unspecified atom stereocenters. The smallest absolute Gasteiger partial charge is 0.0750 e. The van der Waals surface area contributed by atoms with Crippen LogP contribution in [0.2, 0.25) is 0 Å². The number of alkyl halides is 1. The Balaban J connectivity index is 2.58. The summed E-state index contributed by atoms with van der Waals surface area (Å²) in [7, 11) is 0. The van der Waals surface area contributed by atoms with Gasteiger partial charge in [0.2, 0.25) is 0 Å². The molecule has 1 atom stereocenters. The number of benzene rings is 1. The van der Waals surface area contributed by atoms with Gasteiger partial charge in [-0.25, -0.2) is 0 Å². The molecular weight excluding hydrogens is 172 g/mol. The van der Waals surface area contributed by atoms with Crippen LogP contribution in [0.15, 0.2) is 36.4 Å². The lowest BCUT2D eigenvalue weighted by Crippen LogP contribution is -1.98. The van der Waals surface area contributed by atoms with Gasteiger partial charge >= 0.3 is 0 Å². The van der Waals surface area contributed by atoms with Crippen molar-refractivity contribution in [3.8, 4) is 0 Å². The SMILES string of the molecule is OC[C@@H](Cl)/C=C\c1ccccc1. The molecule has 1 nitrogen and oxygen atoms in total. The molecule has 0 amide bonds. The van der Waals surface area contributed by atoms with E-state index in [1.54, 1.807) is 6.08 Å². The molecule has 12 heavy (non-hydrogen) atoms. The fourth-order valence-corrected chi connectivity index (χ4v) is 0.913. The van der Waals surface area contributed by atoms with Gasteiger partial charge in [0.05, 0.1) is 12.0 Å². The highest BCUT2D eigenvalue weighted by atomic mass is 35.5. The number of hydrogen-bond donors (Lipinski definition) is 1. The average Bonchev–Trinajstić information content (AvgIpc) is 2.16. The molecule has 0 fully saturated rings. The van der Waals surface area contributed by atoms with Crippen molar-refractivity contribution in [2.75, 3.05) is 6.61 Å². The molecule has 1 N–H and O–H groups in total. The molecule has 1 aromatic rings. The van der Waals surface area contributed by atoms with Gasteiger partial charge in [0.15, 0.2) is 0 Å². The molecule has 0 saturated carbocycles. The van der Waals surface area contributed by atoms with Gasteiger partial charge in [-0.3, -0.25) is 0 Å². The molecule has 0 aliphatic carbocycles. The zero-order valence-electron chi connectivity index (χ0n) is 6.65. The normalized spacial score (nSPS) is 13.5. The van der Waals surface area contributed by atoms with Crippen LogP contribution >= 0.6 is 11.6 Å². The van der Waals surface area contributed by atoms with Gasteiger partial charge < -0.3 is 5.11 Å². The molecule has 0 radical (unpaired) electrons. The van der Waals surface area contributed by atoms with E-state index in [2.05, 4.69) is 0 Å². The van der Waals surface area contributed by atoms with Crippen LogP contribution in [0.25, 0.3) is 6.08 Å². The molecule has 0 saturated heterocycles. The van der Waals surface area contributed by atoms with E-state index in [4.69, 9.17) is 16.7 Å². The second-order valence-electron chi connectivity index (χ2n) is 2.47. The average molecular weight is 183 g/mol. The Morgan fingerprint density at radius 3 is 2.58 bits per heavy atom. The Morgan fingerprint density at radius 1 is 1.33 bits per heavy atom. The van der Waals surface area contributed by atoms with Gasteiger partial charge in [0.25, 0.3) is 0 Å². The van der Waals surface area contributed by atoms with Crippen molar-refractivity contribution in [3.05, 3.63) is 42.0 Å². The summed E-state index contributed by atoms with van der Waals surface area (Å²) in [5.74, 6) is 0. The fraction of sp³-hybridized carbons (Fsp3) is 0.200. The lowest BCUT2D eigenvalue weighted by atomic mass is 10.2. The van der Waals surface area contributed by atoms with Crippen molar-refractivity contribution in [2.24, 2.45) is 0 Å². The third kappa shape index (κ3) is 3.07. The Hall–Kier alpha value is -0.790. The molecule has 1 aromatic carbocycles. The summed E-state index contributed by atoms with van der Waals surface area (Å²) in [6, 6.07) is 9.85. The highest BCUT2D eigenvalue weighted by molar-refractivity contribution is 6.22. The molecular formula is C10H11ClO. The maximum absolute atomic E-state index is 8.63. The lowest BCUT2D eigenvalue weighted by molar-refractivity contribution is 0.305. The largest absolute Gasteiger partial charge is 0.395 e. The lowest BCUT2D eigenvalue weighted by Gasteiger charge is -1.96. The zero-order valence-corrected chi connectivity index (χ0v) is 7.41. The topological polar surface area (TPSA) is 20.2 Å². The van der Waals surface area contributed by atoms with E-state index in [1.165, 1.54) is 0 Å². The van der Waals surface area contributed by atoms with Crippen LogP contribution in [0.3, 0.4) is 0 Å². The standard InChI is InChI=1S/C10H11ClO/c11-10(8-12)7-6-9-4-2-1-3-5-9/h1-7,10,12H,8H2/b7-6-/t10-/m0/s1. The molecule has 0 bridgehead atoms. The van der Waals surface area contributed by atoms with E-state index in [1.807, 2.05) is 36.4 Å². The molecule has 0 aliphatic rings. The van der Waals surface area contributed by atoms with Crippen molar-refractivity contribution in [1.82, 2.24) is 0 Å². The summed E-state index contributed by atoms with van der Waals surface area (Å²) >= 11 is 5.68. The monoisotopic (exact) mass is 182 g/mol. The minimum Gasteiger partial charge on any atom is -0.395 e. The summed E-state index contributed by atoms with van der Waals surface area (Å²) in [5, 5.41) is 8.34. The van der Waals surface area contributed by atoms with Crippen molar-refractivity contribution in [1.29, 1.82) is 0 Å². The van der Waals surface area contributed by atoms with E-state index >= 15 is 0 Å². The van der Waals surface area contributed by atoms with E-state index in [9.17, 15) is 0 Å². The van der Waals surface area contributed by atoms with Crippen molar-refractivity contribution in [3.63, 3.8) is 0 Å². The van der Waals surface area contributed by atoms with E-state index < -0.39 is 0 Å². The summed E-state index contributed by atoms with van der Waals surface area (Å²) in [6.45, 7) is -0.0229. The first-order valence-corrected chi connectivity index (χ1v) is 4.25. The summed E-state index contributed by atoms with van der Waals surface area (Å²) in [4.78, 5) is 0. The second-order valence-corrected chi connectivity index (χ2v) is 3.03. The summed E-state index contributed by atoms with van der Waals surface area (Å²) in [5.41, 5.74) is 1.09. The molecule has 0 heterocycles. The maximum Gasteiger partial charge on any atom is 0.0750 e. The number of aliphatic hydroxyl groups excluding tert-OH is 1. The zero-order chi connectivity index (χ0) is 8.81. The van der Waals surface area contributed by atoms with Gasteiger partial charge in [-0.05, 0) is 5.56 Å². The minimum atomic E-state index is -0.287. The Labute approximate surface area is 77.3 Å². The van der Waals surface area contributed by atoms with Gasteiger partial charge in [-0.1, -0.05) is 42.5 Å². The van der Waals surface area contributed by atoms with Gasteiger partial charge in [-0.15, -0.1) is 11.6 Å². The van der Waals surface area contributed by atoms with Crippen LogP contribution in [0.4, 0.5) is 0 Å². The first-order valence-electron chi connectivity index (χ1n) is 3.81. The summed E-state index contributed by atoms with van der Waals surface area (Å²) < 4.78 is 0. The van der Waals surface area contributed by atoms with Crippen LogP contribution in [0.5, 0.6) is 0 Å². The highest BCUT2D eigenvalue weighted by Gasteiger charge is 1.93. The van der Waals surface area contributed by atoms with Gasteiger partial charge in [0.1, 0.15) is 0 Å². The predicted octanol–water partition coefficient (Wildman–Crippen LogP) is 2.30. The fourth-order valence-electron chi connectivity index (χ4n) is 0.841. The first kappa shape index (κ1) is 9.30. The maximum atomic E-state index is 8.63. The Bertz CT molecular complexity index is 243. The number of aliphatic hydroxyl groups is 1. The van der Waals surface area contributed by atoms with Crippen LogP contribution < -0.4 is 0 Å². The van der Waals surface area contributed by atoms with Gasteiger partial charge in [-0.2, -0.15) is 0 Å². The van der Waals surface area contributed by atoms with Crippen molar-refractivity contribution < 1.29 is 5.11 Å². The van der Waals surface area contributed by atoms with Crippen molar-refractivity contribution >= 4 is 17.7 Å². The van der Waals surface area contributed by atoms with Crippen molar-refractivity contribution in [2.45, 2.75) is 5.38 Å². The summed E-state index contributed by atoms with van der Waals surface area (Å²) in [6.07, 6.45) is 3.67. The van der Waals surface area contributed by atoms with Crippen LogP contribution in [-0.2, 0) is 0 Å². The van der Waals surface area contributed by atoms with E-state index in [-0.39, 0.29) is 12.0 Å². The number of halogens is 1. The molecule has 64 valence electrons. The quantitative estimate of drug-likeness (QED) is 0.712. The number of hydrogen-bond acceptors (Lipinski definition) is 1. The van der Waals surface area contributed by atoms with Crippen LogP contribution in [0, 0.1) is 0 Å². The minimum absolute atomic E-state index is 0.0229. The molecule has 0 aromatic heterocycles. The molecule has 0 aliphatic heterocycles. The third-order valence-corrected chi connectivity index (χ3v) is 1.75. The molecule has 1 rings (SSSR count). The van der Waals surface area contributed by atoms with Crippen LogP contribution in [-0.4, -0.2) is 17.1 Å². The second kappa shape index (κ2) is 4.96. The molecule has 2 heteroatoms. The van der Waals surface area contributed by atoms with E-state index in [0.717, 1.165) is 5.56 Å². The molecule has 0 spiro atoms. The first-order chi connectivity index (χ1) is 5.83. The Kier molecular flexibility index (Phi) is 3.85. The predicted molar refractivity (Wildman–Crippen MR) is 52.2 cm³/mol. The number of rotatable bonds is 3. The van der Waals surface area contributed by atoms with Gasteiger partial charge in [0, 0.05) is 0 Å².